The topological polar surface area (TPSA) is 146 Å². The number of aliphatic carboxylic acids is 2. The van der Waals surface area contributed by atoms with Gasteiger partial charge >= 0.3 is 11.9 Å². The summed E-state index contributed by atoms with van der Waals surface area (Å²) in [5.74, 6) is -3.29. The number of anilines is 2. The van der Waals surface area contributed by atoms with Gasteiger partial charge in [0.25, 0.3) is 5.91 Å². The molecule has 0 aliphatic rings. The predicted octanol–water partition coefficient (Wildman–Crippen LogP) is 10.1. The van der Waals surface area contributed by atoms with E-state index in [4.69, 9.17) is 66.1 Å². The van der Waals surface area contributed by atoms with E-state index < -0.39 is 30.2 Å². The zero-order chi connectivity index (χ0) is 40.8. The van der Waals surface area contributed by atoms with Crippen molar-refractivity contribution in [3.63, 3.8) is 0 Å². The molecule has 0 radical (unpaired) electrons. The van der Waals surface area contributed by atoms with Crippen molar-refractivity contribution in [3.8, 4) is 11.5 Å². The van der Waals surface area contributed by atoms with Gasteiger partial charge in [0, 0.05) is 29.8 Å². The summed E-state index contributed by atoms with van der Waals surface area (Å²) < 4.78 is 40.6. The fourth-order valence-corrected chi connectivity index (χ4v) is 6.33. The number of hydrogen-bond acceptors (Lipinski definition) is 7. The van der Waals surface area contributed by atoms with Gasteiger partial charge in [0.15, 0.2) is 23.1 Å². The summed E-state index contributed by atoms with van der Waals surface area (Å²) in [6, 6.07) is 12.4. The maximum absolute atomic E-state index is 14.7. The molecule has 16 heteroatoms. The molecule has 0 aliphatic carbocycles. The van der Waals surface area contributed by atoms with Crippen molar-refractivity contribution in [1.82, 2.24) is 5.32 Å². The third kappa shape index (κ3) is 13.6. The van der Waals surface area contributed by atoms with Crippen LogP contribution in [-0.2, 0) is 29.2 Å². The number of halogens is 6. The van der Waals surface area contributed by atoms with Crippen LogP contribution in [0.25, 0.3) is 0 Å². The van der Waals surface area contributed by atoms with E-state index >= 15 is 0 Å². The van der Waals surface area contributed by atoms with Crippen molar-refractivity contribution < 1.29 is 42.9 Å². The Labute approximate surface area is 338 Å². The SMILES string of the molecule is CCCNc1cc(C)cc(COc2c(Cl)cc(C(=O)NCC(=O)O)cc2Cl)c1F.CCCNc1cc(C)cc(COc2c(Cl)cc(CC(=O)O)cc2Cl)c1F. The van der Waals surface area contributed by atoms with Crippen LogP contribution in [0.3, 0.4) is 0 Å². The number of rotatable bonds is 17. The van der Waals surface area contributed by atoms with E-state index in [-0.39, 0.29) is 62.6 Å². The summed E-state index contributed by atoms with van der Waals surface area (Å²) in [6.07, 6.45) is 1.54. The molecule has 0 saturated heterocycles. The first-order valence-electron chi connectivity index (χ1n) is 17.0. The molecule has 4 aromatic carbocycles. The molecule has 0 heterocycles. The average molecular weight is 844 g/mol. The number of amides is 1. The van der Waals surface area contributed by atoms with Crippen molar-refractivity contribution in [3.05, 3.63) is 114 Å². The minimum Gasteiger partial charge on any atom is -0.486 e. The lowest BCUT2D eigenvalue weighted by Crippen LogP contribution is -2.29. The second-order valence-corrected chi connectivity index (χ2v) is 13.9. The molecule has 55 heavy (non-hydrogen) atoms. The highest BCUT2D eigenvalue weighted by atomic mass is 35.5. The molecule has 0 spiro atoms. The lowest BCUT2D eigenvalue weighted by Gasteiger charge is -2.15. The first kappa shape index (κ1) is 44.9. The van der Waals surface area contributed by atoms with Gasteiger partial charge in [-0.15, -0.1) is 0 Å². The van der Waals surface area contributed by atoms with Crippen molar-refractivity contribution >= 4 is 75.6 Å². The van der Waals surface area contributed by atoms with Gasteiger partial charge in [-0.3, -0.25) is 14.4 Å². The highest BCUT2D eigenvalue weighted by Crippen LogP contribution is 2.37. The molecule has 0 aromatic heterocycles. The second-order valence-electron chi connectivity index (χ2n) is 12.3. The number of hydrogen-bond donors (Lipinski definition) is 5. The van der Waals surface area contributed by atoms with Crippen LogP contribution in [0.15, 0.2) is 48.5 Å². The van der Waals surface area contributed by atoms with Gasteiger partial charge < -0.3 is 35.6 Å². The molecule has 5 N–H and O–H groups in total. The lowest BCUT2D eigenvalue weighted by molar-refractivity contribution is -0.137. The molecule has 1 amide bonds. The normalized spacial score (nSPS) is 10.6. The zero-order valence-electron chi connectivity index (χ0n) is 30.5. The van der Waals surface area contributed by atoms with Crippen molar-refractivity contribution in [2.75, 3.05) is 30.3 Å². The molecular formula is C39H41Cl4F2N3O7. The molecule has 10 nitrogen and oxygen atoms in total. The highest BCUT2D eigenvalue weighted by molar-refractivity contribution is 6.38. The molecule has 0 aliphatic heterocycles. The Bertz CT molecular complexity index is 1970. The minimum absolute atomic E-state index is 0.0496. The molecule has 4 aromatic rings. The smallest absolute Gasteiger partial charge is 0.322 e. The maximum atomic E-state index is 14.7. The largest absolute Gasteiger partial charge is 0.486 e. The van der Waals surface area contributed by atoms with Crippen LogP contribution in [-0.4, -0.2) is 47.7 Å². The standard InChI is InChI=1S/C20H21Cl2FN2O4.C19H20Cl2FNO3/c1-3-4-24-16-6-11(2)5-13(18(16)23)10-29-19-14(21)7-12(8-15(19)22)20(28)25-9-17(26)27;1-3-4-23-16-6-11(2)5-13(18(16)22)10-26-19-14(20)7-12(8-15(19)21)9-17(24)25/h5-8,24H,3-4,9-10H2,1-2H3,(H,25,28)(H,26,27);5-8,23H,3-4,9-10H2,1-2H3,(H,24,25). The number of carbonyl (C=O) groups is 3. The van der Waals surface area contributed by atoms with Gasteiger partial charge in [0.1, 0.15) is 19.8 Å². The highest BCUT2D eigenvalue weighted by Gasteiger charge is 2.18. The monoisotopic (exact) mass is 841 g/mol. The molecule has 296 valence electrons. The number of carboxylic acid groups (broad SMARTS) is 2. The number of aryl methyl sites for hydroxylation is 2. The van der Waals surface area contributed by atoms with Gasteiger partial charge in [-0.1, -0.05) is 60.3 Å². The molecule has 0 fully saturated rings. The average Bonchev–Trinajstić information content (AvgIpc) is 3.10. The van der Waals surface area contributed by atoms with Crippen molar-refractivity contribution in [2.45, 2.75) is 60.2 Å². The van der Waals surface area contributed by atoms with Gasteiger partial charge in [-0.2, -0.15) is 0 Å². The van der Waals surface area contributed by atoms with Crippen LogP contribution in [0.4, 0.5) is 20.2 Å². The Morgan fingerprint density at radius 3 is 1.45 bits per heavy atom. The maximum Gasteiger partial charge on any atom is 0.322 e. The van der Waals surface area contributed by atoms with Crippen molar-refractivity contribution in [1.29, 1.82) is 0 Å². The van der Waals surface area contributed by atoms with E-state index in [0.717, 1.165) is 24.0 Å². The summed E-state index contributed by atoms with van der Waals surface area (Å²) in [5, 5.41) is 26.3. The van der Waals surface area contributed by atoms with E-state index in [0.29, 0.717) is 41.2 Å². The summed E-state index contributed by atoms with van der Waals surface area (Å²) in [5.41, 5.74) is 3.86. The van der Waals surface area contributed by atoms with Crippen LogP contribution >= 0.6 is 46.4 Å². The Balaban J connectivity index is 0.000000297. The molecule has 0 atom stereocenters. The number of nitrogens with one attached hydrogen (secondary N) is 3. The fraction of sp³-hybridized carbons (Fsp3) is 0.308. The van der Waals surface area contributed by atoms with Gasteiger partial charge in [0.05, 0.1) is 37.9 Å². The van der Waals surface area contributed by atoms with Crippen LogP contribution in [0.2, 0.25) is 20.1 Å². The molecule has 0 unspecified atom stereocenters. The number of benzene rings is 4. The summed E-state index contributed by atoms with van der Waals surface area (Å²) in [7, 11) is 0. The third-order valence-corrected chi connectivity index (χ3v) is 8.66. The first-order chi connectivity index (χ1) is 26.0. The Hall–Kier alpha value is -4.49. The number of ether oxygens (including phenoxy) is 2. The van der Waals surface area contributed by atoms with E-state index in [1.165, 1.54) is 24.3 Å². The van der Waals surface area contributed by atoms with E-state index in [2.05, 4.69) is 16.0 Å². The number of carbonyl (C=O) groups excluding carboxylic acids is 1. The second kappa shape index (κ2) is 21.6. The van der Waals surface area contributed by atoms with E-state index in [9.17, 15) is 23.2 Å². The van der Waals surface area contributed by atoms with Gasteiger partial charge in [0.2, 0.25) is 0 Å². The van der Waals surface area contributed by atoms with E-state index in [1.807, 2.05) is 27.7 Å². The minimum atomic E-state index is -1.18. The van der Waals surface area contributed by atoms with Crippen LogP contribution in [0.5, 0.6) is 11.5 Å². The lowest BCUT2D eigenvalue weighted by atomic mass is 10.1. The van der Waals surface area contributed by atoms with E-state index in [1.54, 1.807) is 24.3 Å². The fourth-order valence-electron chi connectivity index (χ4n) is 5.09. The predicted molar refractivity (Wildman–Crippen MR) is 213 cm³/mol. The Morgan fingerprint density at radius 1 is 0.655 bits per heavy atom. The summed E-state index contributed by atoms with van der Waals surface area (Å²) in [4.78, 5) is 33.3. The van der Waals surface area contributed by atoms with Crippen LogP contribution < -0.4 is 25.4 Å². The molecule has 0 bridgehead atoms. The zero-order valence-corrected chi connectivity index (χ0v) is 33.5. The third-order valence-electron chi connectivity index (χ3n) is 7.53. The molecular weight excluding hydrogens is 802 g/mol. The first-order valence-corrected chi connectivity index (χ1v) is 18.6. The molecule has 0 saturated carbocycles. The Morgan fingerprint density at radius 2 is 1.07 bits per heavy atom. The summed E-state index contributed by atoms with van der Waals surface area (Å²) in [6.45, 7) is 8.33. The van der Waals surface area contributed by atoms with Crippen molar-refractivity contribution in [2.24, 2.45) is 0 Å². The quantitative estimate of drug-likeness (QED) is 0.0701. The van der Waals surface area contributed by atoms with Crippen LogP contribution in [0.1, 0.15) is 64.9 Å². The van der Waals surface area contributed by atoms with Crippen LogP contribution in [0, 0.1) is 25.5 Å². The number of carboxylic acids is 2. The van der Waals surface area contributed by atoms with Gasteiger partial charge in [-0.05, 0) is 91.9 Å². The summed E-state index contributed by atoms with van der Waals surface area (Å²) >= 11 is 24.6. The molecule has 4 rings (SSSR count). The Kier molecular flexibility index (Phi) is 17.6. The van der Waals surface area contributed by atoms with Gasteiger partial charge in [-0.25, -0.2) is 8.78 Å².